The molecule has 0 heterocycles. The largest absolute Gasteiger partial charge is 0.421 e. The van der Waals surface area contributed by atoms with E-state index in [1.54, 1.807) is 6.92 Å². The van der Waals surface area contributed by atoms with E-state index in [0.717, 1.165) is 30.9 Å². The van der Waals surface area contributed by atoms with E-state index in [1.165, 1.54) is 17.2 Å². The van der Waals surface area contributed by atoms with Crippen LogP contribution in [0.1, 0.15) is 53.4 Å². The number of halogens is 2. The van der Waals surface area contributed by atoms with Crippen LogP contribution in [0, 0.1) is 0 Å². The van der Waals surface area contributed by atoms with Gasteiger partial charge in [-0.25, -0.2) is 0 Å². The van der Waals surface area contributed by atoms with Crippen molar-refractivity contribution in [2.75, 3.05) is 0 Å². The maximum atomic E-state index is 13.3. The fourth-order valence-electron chi connectivity index (χ4n) is 1.92. The van der Waals surface area contributed by atoms with Crippen molar-refractivity contribution in [3.63, 3.8) is 0 Å². The molecule has 0 saturated heterocycles. The summed E-state index contributed by atoms with van der Waals surface area (Å²) < 4.78 is 48.8. The third-order valence-corrected chi connectivity index (χ3v) is 7.22. The topological polar surface area (TPSA) is 94.8 Å². The molecule has 0 saturated carbocycles. The first-order valence-electron chi connectivity index (χ1n) is 8.10. The molecule has 0 amide bonds. The minimum atomic E-state index is -6.03. The van der Waals surface area contributed by atoms with E-state index in [2.05, 4.69) is 12.2 Å². The Morgan fingerprint density at radius 1 is 0.923 bits per heavy atom. The lowest BCUT2D eigenvalue weighted by Gasteiger charge is -2.20. The SMILES string of the molecule is CC(C)=CCCC(C)=CCCC(C)=CC=CP(=O)(O)C(F)(F)P(=O)(O)O. The van der Waals surface area contributed by atoms with Gasteiger partial charge in [0.05, 0.1) is 0 Å². The van der Waals surface area contributed by atoms with Crippen LogP contribution in [0.3, 0.4) is 0 Å². The van der Waals surface area contributed by atoms with Crippen molar-refractivity contribution in [2.24, 2.45) is 0 Å². The zero-order valence-corrected chi connectivity index (χ0v) is 17.3. The van der Waals surface area contributed by atoms with E-state index < -0.39 is 20.4 Å². The summed E-state index contributed by atoms with van der Waals surface area (Å²) in [6.07, 6.45) is 9.87. The van der Waals surface area contributed by atoms with Crippen LogP contribution in [0.4, 0.5) is 8.78 Å². The molecular formula is C17H28F2O5P2. The normalized spacial score (nSPS) is 16.7. The lowest BCUT2D eigenvalue weighted by atomic mass is 10.1. The number of allylic oxidation sites excluding steroid dienone is 7. The average Bonchev–Trinajstić information content (AvgIpc) is 2.45. The van der Waals surface area contributed by atoms with Gasteiger partial charge in [-0.3, -0.25) is 9.13 Å². The number of rotatable bonds is 10. The zero-order valence-electron chi connectivity index (χ0n) is 15.5. The van der Waals surface area contributed by atoms with E-state index in [0.29, 0.717) is 6.42 Å². The standard InChI is InChI=1S/C17H28F2O5P2/c1-14(2)8-5-9-15(3)10-6-11-16(4)12-7-13-25(20,21)17(18,19)26(22,23)24/h7-8,10,12-13H,5-6,9,11H2,1-4H3,(H,20,21)(H2,22,23,24). The van der Waals surface area contributed by atoms with Crippen molar-refractivity contribution in [1.29, 1.82) is 0 Å². The molecule has 0 aromatic carbocycles. The zero-order chi connectivity index (χ0) is 20.6. The molecule has 0 aliphatic carbocycles. The maximum absolute atomic E-state index is 13.3. The first kappa shape index (κ1) is 25.2. The van der Waals surface area contributed by atoms with Crippen molar-refractivity contribution < 1.29 is 32.6 Å². The lowest BCUT2D eigenvalue weighted by molar-refractivity contribution is 0.126. The number of hydrogen-bond acceptors (Lipinski definition) is 2. The molecule has 0 aromatic heterocycles. The summed E-state index contributed by atoms with van der Waals surface area (Å²) in [4.78, 5) is 26.3. The second-order valence-electron chi connectivity index (χ2n) is 6.44. The van der Waals surface area contributed by atoms with Crippen molar-refractivity contribution in [3.8, 4) is 0 Å². The predicted octanol–water partition coefficient (Wildman–Crippen LogP) is 5.92. The molecule has 150 valence electrons. The van der Waals surface area contributed by atoms with Crippen LogP contribution < -0.4 is 0 Å². The Morgan fingerprint density at radius 2 is 1.42 bits per heavy atom. The summed E-state index contributed by atoms with van der Waals surface area (Å²) in [6.45, 7) is 7.85. The van der Waals surface area contributed by atoms with Gasteiger partial charge < -0.3 is 14.7 Å². The van der Waals surface area contributed by atoms with Crippen LogP contribution >= 0.6 is 15.0 Å². The van der Waals surface area contributed by atoms with Gasteiger partial charge in [0.25, 0.3) is 0 Å². The molecule has 0 fully saturated rings. The molecule has 26 heavy (non-hydrogen) atoms. The molecular weight excluding hydrogens is 384 g/mol. The highest BCUT2D eigenvalue weighted by Crippen LogP contribution is 2.73. The molecule has 5 nitrogen and oxygen atoms in total. The van der Waals surface area contributed by atoms with Crippen molar-refractivity contribution >= 4 is 15.0 Å². The lowest BCUT2D eigenvalue weighted by Crippen LogP contribution is -2.15. The van der Waals surface area contributed by atoms with Gasteiger partial charge in [-0.1, -0.05) is 41.0 Å². The fourth-order valence-corrected chi connectivity index (χ4v) is 4.11. The molecule has 0 aliphatic heterocycles. The van der Waals surface area contributed by atoms with Gasteiger partial charge in [-0.2, -0.15) is 8.78 Å². The third-order valence-electron chi connectivity index (χ3n) is 3.53. The highest BCUT2D eigenvalue weighted by Gasteiger charge is 2.61. The summed E-state index contributed by atoms with van der Waals surface area (Å²) in [5.74, 6) is 0.260. The second-order valence-corrected chi connectivity index (χ2v) is 10.5. The quantitative estimate of drug-likeness (QED) is 0.235. The Labute approximate surface area is 153 Å². The Bertz CT molecular complexity index is 683. The van der Waals surface area contributed by atoms with E-state index in [4.69, 9.17) is 9.79 Å². The summed E-state index contributed by atoms with van der Waals surface area (Å²) in [6, 6.07) is 0. The summed E-state index contributed by atoms with van der Waals surface area (Å²) >= 11 is 0. The van der Waals surface area contributed by atoms with Crippen LogP contribution in [0.15, 0.2) is 46.8 Å². The van der Waals surface area contributed by atoms with Crippen LogP contribution in [-0.4, -0.2) is 20.1 Å². The molecule has 0 bridgehead atoms. The fraction of sp³-hybridized carbons (Fsp3) is 0.529. The maximum Gasteiger partial charge on any atom is 0.421 e. The highest BCUT2D eigenvalue weighted by atomic mass is 31.2. The van der Waals surface area contributed by atoms with Gasteiger partial charge in [0.15, 0.2) is 0 Å². The molecule has 0 radical (unpaired) electrons. The Kier molecular flexibility index (Phi) is 10.1. The Balaban J connectivity index is 4.71. The van der Waals surface area contributed by atoms with Crippen LogP contribution in [0.5, 0.6) is 0 Å². The van der Waals surface area contributed by atoms with E-state index in [-0.39, 0.29) is 5.82 Å². The van der Waals surface area contributed by atoms with E-state index >= 15 is 0 Å². The van der Waals surface area contributed by atoms with E-state index in [1.807, 2.05) is 20.8 Å². The van der Waals surface area contributed by atoms with Gasteiger partial charge >= 0.3 is 20.4 Å². The van der Waals surface area contributed by atoms with Crippen LogP contribution in [0.2, 0.25) is 0 Å². The molecule has 0 aliphatic rings. The highest BCUT2D eigenvalue weighted by molar-refractivity contribution is 7.76. The Morgan fingerprint density at radius 3 is 1.92 bits per heavy atom. The summed E-state index contributed by atoms with van der Waals surface area (Å²) in [7, 11) is -11.5. The van der Waals surface area contributed by atoms with Gasteiger partial charge in [-0.05, 0) is 53.4 Å². The summed E-state index contributed by atoms with van der Waals surface area (Å²) in [5, 5.41) is -5.00. The molecule has 3 N–H and O–H groups in total. The molecule has 9 heteroatoms. The van der Waals surface area contributed by atoms with E-state index in [9.17, 15) is 22.8 Å². The molecule has 1 unspecified atom stereocenters. The monoisotopic (exact) mass is 412 g/mol. The van der Waals surface area contributed by atoms with Gasteiger partial charge in [0, 0.05) is 5.82 Å². The minimum Gasteiger partial charge on any atom is -0.337 e. The molecule has 0 aromatic rings. The van der Waals surface area contributed by atoms with Gasteiger partial charge in [0.1, 0.15) is 0 Å². The third kappa shape index (κ3) is 8.70. The van der Waals surface area contributed by atoms with Crippen molar-refractivity contribution in [1.82, 2.24) is 0 Å². The summed E-state index contributed by atoms with van der Waals surface area (Å²) in [5.41, 5.74) is 3.30. The minimum absolute atomic E-state index is 0.260. The van der Waals surface area contributed by atoms with Gasteiger partial charge in [-0.15, -0.1) is 0 Å². The number of hydrogen-bond donors (Lipinski definition) is 3. The predicted molar refractivity (Wildman–Crippen MR) is 101 cm³/mol. The van der Waals surface area contributed by atoms with Crippen molar-refractivity contribution in [3.05, 3.63) is 46.8 Å². The van der Waals surface area contributed by atoms with Crippen LogP contribution in [0.25, 0.3) is 0 Å². The smallest absolute Gasteiger partial charge is 0.337 e. The molecule has 0 spiro atoms. The number of alkyl halides is 2. The van der Waals surface area contributed by atoms with Gasteiger partial charge in [0.2, 0.25) is 0 Å². The van der Waals surface area contributed by atoms with Crippen molar-refractivity contribution in [2.45, 2.75) is 58.8 Å². The Hall–Kier alpha value is -0.840. The second kappa shape index (κ2) is 10.5. The molecule has 1 atom stereocenters. The average molecular weight is 412 g/mol. The molecule has 0 rings (SSSR count). The first-order chi connectivity index (χ1) is 11.7. The first-order valence-corrected chi connectivity index (χ1v) is 11.4. The van der Waals surface area contributed by atoms with Crippen LogP contribution in [-0.2, 0) is 9.13 Å².